The van der Waals surface area contributed by atoms with Gasteiger partial charge in [0.05, 0.1) is 0 Å². The highest BCUT2D eigenvalue weighted by Crippen LogP contribution is 2.10. The molecular formula is C13H27N3O. The van der Waals surface area contributed by atoms with Crippen LogP contribution < -0.4 is 11.1 Å². The van der Waals surface area contributed by atoms with Gasteiger partial charge in [-0.15, -0.1) is 0 Å². The first kappa shape index (κ1) is 14.5. The number of carbonyl (C=O) groups is 1. The van der Waals surface area contributed by atoms with E-state index in [-0.39, 0.29) is 11.9 Å². The van der Waals surface area contributed by atoms with E-state index in [1.54, 1.807) is 0 Å². The Kier molecular flexibility index (Phi) is 6.52. The van der Waals surface area contributed by atoms with Crippen molar-refractivity contribution in [1.82, 2.24) is 10.2 Å². The second-order valence-electron chi connectivity index (χ2n) is 5.05. The molecule has 3 N–H and O–H groups in total. The lowest BCUT2D eigenvalue weighted by Crippen LogP contribution is -2.48. The summed E-state index contributed by atoms with van der Waals surface area (Å²) in [5, 5.41) is 3.11. The summed E-state index contributed by atoms with van der Waals surface area (Å²) in [6.45, 7) is 7.49. The third-order valence-electron chi connectivity index (χ3n) is 3.42. The molecular weight excluding hydrogens is 214 g/mol. The number of nitrogens with zero attached hydrogens (tertiary/aromatic N) is 1. The number of nitrogens with one attached hydrogen (secondary N) is 1. The Morgan fingerprint density at radius 1 is 1.53 bits per heavy atom. The second kappa shape index (κ2) is 7.67. The van der Waals surface area contributed by atoms with Crippen molar-refractivity contribution in [2.75, 3.05) is 19.6 Å². The number of carbonyl (C=O) groups excluding carboxylic acids is 1. The number of nitrogens with two attached hydrogens (primary N) is 1. The predicted octanol–water partition coefficient (Wildman–Crippen LogP) is 1.10. The molecule has 1 rings (SSSR count). The first-order valence-electron chi connectivity index (χ1n) is 6.93. The molecule has 0 aromatic carbocycles. The van der Waals surface area contributed by atoms with Crippen LogP contribution in [0.4, 0.5) is 0 Å². The van der Waals surface area contributed by atoms with E-state index in [1.165, 1.54) is 6.42 Å². The van der Waals surface area contributed by atoms with Crippen molar-refractivity contribution in [3.8, 4) is 0 Å². The number of amides is 1. The van der Waals surface area contributed by atoms with Crippen LogP contribution in [0.5, 0.6) is 0 Å². The van der Waals surface area contributed by atoms with Gasteiger partial charge in [0.15, 0.2) is 0 Å². The summed E-state index contributed by atoms with van der Waals surface area (Å²) in [6.07, 6.45) is 4.72. The highest BCUT2D eigenvalue weighted by atomic mass is 16.1. The summed E-state index contributed by atoms with van der Waals surface area (Å²) in [5.41, 5.74) is 5.87. The van der Waals surface area contributed by atoms with Gasteiger partial charge >= 0.3 is 0 Å². The molecule has 17 heavy (non-hydrogen) atoms. The Morgan fingerprint density at radius 2 is 2.29 bits per heavy atom. The number of likely N-dealkylation sites (N-methyl/N-ethyl adjacent to an activating group) is 1. The molecule has 1 heterocycles. The number of hydrogen-bond donors (Lipinski definition) is 2. The standard InChI is InChI=1S/C13H27N3O/c1-3-6-11(14)9-13(17)15-12-7-5-8-16(4-2)10-12/h11-12H,3-10,14H2,1-2H3,(H,15,17). The van der Waals surface area contributed by atoms with E-state index in [9.17, 15) is 4.79 Å². The summed E-state index contributed by atoms with van der Waals surface area (Å²) < 4.78 is 0. The number of piperidine rings is 1. The Balaban J connectivity index is 2.25. The van der Waals surface area contributed by atoms with Crippen molar-refractivity contribution < 1.29 is 4.79 Å². The first-order valence-corrected chi connectivity index (χ1v) is 6.93. The summed E-state index contributed by atoms with van der Waals surface area (Å²) in [5.74, 6) is 0.119. The third-order valence-corrected chi connectivity index (χ3v) is 3.42. The minimum atomic E-state index is 0.0193. The van der Waals surface area contributed by atoms with Crippen molar-refractivity contribution in [2.45, 2.75) is 58.0 Å². The minimum Gasteiger partial charge on any atom is -0.352 e. The molecule has 100 valence electrons. The summed E-state index contributed by atoms with van der Waals surface area (Å²) in [6, 6.07) is 0.343. The molecule has 1 amide bonds. The lowest BCUT2D eigenvalue weighted by molar-refractivity contribution is -0.122. The van der Waals surface area contributed by atoms with Crippen LogP contribution in [-0.2, 0) is 4.79 Å². The van der Waals surface area contributed by atoms with E-state index >= 15 is 0 Å². The second-order valence-corrected chi connectivity index (χ2v) is 5.05. The smallest absolute Gasteiger partial charge is 0.221 e. The zero-order chi connectivity index (χ0) is 12.7. The average molecular weight is 241 g/mol. The predicted molar refractivity (Wildman–Crippen MR) is 70.8 cm³/mol. The molecule has 0 bridgehead atoms. The van der Waals surface area contributed by atoms with Gasteiger partial charge in [-0.1, -0.05) is 20.3 Å². The number of hydrogen-bond acceptors (Lipinski definition) is 3. The molecule has 2 unspecified atom stereocenters. The maximum atomic E-state index is 11.8. The maximum absolute atomic E-state index is 11.8. The van der Waals surface area contributed by atoms with Crippen LogP contribution >= 0.6 is 0 Å². The van der Waals surface area contributed by atoms with Crippen molar-refractivity contribution in [1.29, 1.82) is 0 Å². The van der Waals surface area contributed by atoms with Crippen LogP contribution in [0.3, 0.4) is 0 Å². The van der Waals surface area contributed by atoms with E-state index in [4.69, 9.17) is 5.73 Å². The lowest BCUT2D eigenvalue weighted by Gasteiger charge is -2.32. The largest absolute Gasteiger partial charge is 0.352 e. The monoisotopic (exact) mass is 241 g/mol. The molecule has 0 spiro atoms. The van der Waals surface area contributed by atoms with Crippen LogP contribution in [0.15, 0.2) is 0 Å². The van der Waals surface area contributed by atoms with Gasteiger partial charge in [0.25, 0.3) is 0 Å². The van der Waals surface area contributed by atoms with E-state index in [0.717, 1.165) is 38.9 Å². The molecule has 1 aliphatic rings. The van der Waals surface area contributed by atoms with Crippen LogP contribution in [-0.4, -0.2) is 42.5 Å². The highest BCUT2D eigenvalue weighted by molar-refractivity contribution is 5.76. The minimum absolute atomic E-state index is 0.0193. The SMILES string of the molecule is CCCC(N)CC(=O)NC1CCCN(CC)C1. The quantitative estimate of drug-likeness (QED) is 0.732. The normalized spacial score (nSPS) is 23.4. The molecule has 0 aliphatic carbocycles. The van der Waals surface area contributed by atoms with Crippen LogP contribution in [0, 0.1) is 0 Å². The van der Waals surface area contributed by atoms with E-state index < -0.39 is 0 Å². The molecule has 2 atom stereocenters. The Labute approximate surface area is 105 Å². The summed E-state index contributed by atoms with van der Waals surface area (Å²) >= 11 is 0. The fourth-order valence-corrected chi connectivity index (χ4v) is 2.46. The topological polar surface area (TPSA) is 58.4 Å². The molecule has 1 saturated heterocycles. The van der Waals surface area contributed by atoms with Gasteiger partial charge in [0, 0.05) is 25.0 Å². The average Bonchev–Trinajstić information content (AvgIpc) is 2.29. The molecule has 0 aromatic heterocycles. The fourth-order valence-electron chi connectivity index (χ4n) is 2.46. The third kappa shape index (κ3) is 5.50. The number of rotatable bonds is 6. The Hall–Kier alpha value is -0.610. The van der Waals surface area contributed by atoms with E-state index in [0.29, 0.717) is 12.5 Å². The maximum Gasteiger partial charge on any atom is 0.221 e. The molecule has 4 nitrogen and oxygen atoms in total. The summed E-state index contributed by atoms with van der Waals surface area (Å²) in [4.78, 5) is 14.2. The van der Waals surface area contributed by atoms with Gasteiger partial charge in [-0.25, -0.2) is 0 Å². The van der Waals surface area contributed by atoms with E-state index in [1.807, 2.05) is 0 Å². The van der Waals surface area contributed by atoms with Gasteiger partial charge in [-0.2, -0.15) is 0 Å². The van der Waals surface area contributed by atoms with Gasteiger partial charge in [0.2, 0.25) is 5.91 Å². The van der Waals surface area contributed by atoms with Gasteiger partial charge < -0.3 is 16.0 Å². The molecule has 0 radical (unpaired) electrons. The molecule has 1 fully saturated rings. The Bertz CT molecular complexity index is 233. The molecule has 0 aromatic rings. The van der Waals surface area contributed by atoms with Crippen molar-refractivity contribution in [2.24, 2.45) is 5.73 Å². The van der Waals surface area contributed by atoms with Crippen LogP contribution in [0.1, 0.15) is 46.0 Å². The lowest BCUT2D eigenvalue weighted by atomic mass is 10.0. The van der Waals surface area contributed by atoms with E-state index in [2.05, 4.69) is 24.1 Å². The molecule has 0 saturated carbocycles. The van der Waals surface area contributed by atoms with Crippen LogP contribution in [0.25, 0.3) is 0 Å². The Morgan fingerprint density at radius 3 is 2.94 bits per heavy atom. The fraction of sp³-hybridized carbons (Fsp3) is 0.923. The van der Waals surface area contributed by atoms with Crippen LogP contribution in [0.2, 0.25) is 0 Å². The van der Waals surface area contributed by atoms with Crippen molar-refractivity contribution in [3.05, 3.63) is 0 Å². The molecule has 1 aliphatic heterocycles. The van der Waals surface area contributed by atoms with Crippen molar-refractivity contribution in [3.63, 3.8) is 0 Å². The molecule has 4 heteroatoms. The zero-order valence-corrected chi connectivity index (χ0v) is 11.2. The van der Waals surface area contributed by atoms with Crippen molar-refractivity contribution >= 4 is 5.91 Å². The van der Waals surface area contributed by atoms with Gasteiger partial charge in [-0.3, -0.25) is 4.79 Å². The first-order chi connectivity index (χ1) is 8.15. The highest BCUT2D eigenvalue weighted by Gasteiger charge is 2.20. The summed E-state index contributed by atoms with van der Waals surface area (Å²) in [7, 11) is 0. The number of likely N-dealkylation sites (tertiary alicyclic amines) is 1. The van der Waals surface area contributed by atoms with Gasteiger partial charge in [0.1, 0.15) is 0 Å². The van der Waals surface area contributed by atoms with Gasteiger partial charge in [-0.05, 0) is 32.4 Å². The zero-order valence-electron chi connectivity index (χ0n) is 11.2.